The topological polar surface area (TPSA) is 88.4 Å². The van der Waals surface area contributed by atoms with Crippen LogP contribution >= 0.6 is 0 Å². The molecule has 1 aromatic carbocycles. The lowest BCUT2D eigenvalue weighted by Crippen LogP contribution is -2.29. The van der Waals surface area contributed by atoms with Gasteiger partial charge in [0, 0.05) is 30.5 Å². The summed E-state index contributed by atoms with van der Waals surface area (Å²) in [4.78, 5) is 37.2. The number of Topliss-reactive ketones (excluding diaryl/α,β-unsaturated/α-hetero) is 2. The molecule has 1 aliphatic heterocycles. The van der Waals surface area contributed by atoms with Crippen LogP contribution in [0.3, 0.4) is 0 Å². The number of carbonyl (C=O) groups is 3. The molecular formula is C29H38N2O4. The summed E-state index contributed by atoms with van der Waals surface area (Å²) in [5.41, 5.74) is 2.42. The van der Waals surface area contributed by atoms with Crippen LogP contribution in [0.1, 0.15) is 97.1 Å². The first kappa shape index (κ1) is 25.4. The third-order valence-corrected chi connectivity index (χ3v) is 7.49. The van der Waals surface area contributed by atoms with E-state index in [0.29, 0.717) is 35.3 Å². The van der Waals surface area contributed by atoms with E-state index in [1.54, 1.807) is 12.1 Å². The fourth-order valence-electron chi connectivity index (χ4n) is 5.43. The Morgan fingerprint density at radius 1 is 1.03 bits per heavy atom. The summed E-state index contributed by atoms with van der Waals surface area (Å²) in [6, 6.07) is 9.09. The summed E-state index contributed by atoms with van der Waals surface area (Å²) in [7, 11) is 0. The number of benzene rings is 1. The van der Waals surface area contributed by atoms with Crippen molar-refractivity contribution in [1.82, 2.24) is 5.32 Å². The van der Waals surface area contributed by atoms with Crippen molar-refractivity contribution in [3.05, 3.63) is 53.5 Å². The molecule has 2 N–H and O–H groups in total. The van der Waals surface area contributed by atoms with Gasteiger partial charge in [-0.25, -0.2) is 0 Å². The lowest BCUT2D eigenvalue weighted by molar-refractivity contribution is -0.121. The maximum absolute atomic E-state index is 12.9. The molecule has 2 aromatic rings. The Labute approximate surface area is 208 Å². The molecule has 188 valence electrons. The third kappa shape index (κ3) is 7.63. The molecule has 1 amide bonds. The predicted octanol–water partition coefficient (Wildman–Crippen LogP) is 5.97. The van der Waals surface area contributed by atoms with Crippen molar-refractivity contribution < 1.29 is 18.8 Å². The molecule has 1 saturated heterocycles. The lowest BCUT2D eigenvalue weighted by atomic mass is 9.85. The molecule has 2 aliphatic rings. The van der Waals surface area contributed by atoms with Gasteiger partial charge in [-0.3, -0.25) is 14.4 Å². The fourth-order valence-corrected chi connectivity index (χ4v) is 5.43. The quantitative estimate of drug-likeness (QED) is 0.307. The molecule has 1 saturated carbocycles. The molecule has 1 unspecified atom stereocenters. The van der Waals surface area contributed by atoms with E-state index in [-0.39, 0.29) is 17.5 Å². The number of hydrogen-bond acceptors (Lipinski definition) is 5. The molecule has 35 heavy (non-hydrogen) atoms. The highest BCUT2D eigenvalue weighted by molar-refractivity contribution is 6.04. The van der Waals surface area contributed by atoms with Gasteiger partial charge in [0.15, 0.2) is 11.5 Å². The van der Waals surface area contributed by atoms with E-state index < -0.39 is 0 Å². The Hall–Kier alpha value is -2.73. The van der Waals surface area contributed by atoms with Crippen molar-refractivity contribution in [2.45, 2.75) is 77.0 Å². The standard InChI is InChI=1S/C29H38N2O4/c32-25-8-4-7-21(19-25)6-2-1-3-9-27(33)24-12-11-23(18-22-13-15-30-16-14-22)26(20-24)31-29(34)28-10-5-17-35-28/h5,10-12,17,20-22,30H,1-4,6-9,13-16,18-19H2,(H,31,34). The Morgan fingerprint density at radius 3 is 2.66 bits per heavy atom. The number of nitrogens with one attached hydrogen (secondary N) is 2. The maximum Gasteiger partial charge on any atom is 0.291 e. The Bertz CT molecular complexity index is 992. The van der Waals surface area contributed by atoms with Crippen LogP contribution in [-0.2, 0) is 11.2 Å². The summed E-state index contributed by atoms with van der Waals surface area (Å²) < 4.78 is 5.25. The van der Waals surface area contributed by atoms with Gasteiger partial charge in [-0.15, -0.1) is 0 Å². The van der Waals surface area contributed by atoms with E-state index in [4.69, 9.17) is 4.42 Å². The number of amides is 1. The van der Waals surface area contributed by atoms with Crippen LogP contribution in [0.15, 0.2) is 41.0 Å². The average molecular weight is 479 g/mol. The summed E-state index contributed by atoms with van der Waals surface area (Å²) >= 11 is 0. The van der Waals surface area contributed by atoms with Crippen LogP contribution in [0.2, 0.25) is 0 Å². The second-order valence-corrected chi connectivity index (χ2v) is 10.2. The van der Waals surface area contributed by atoms with E-state index in [2.05, 4.69) is 10.6 Å². The van der Waals surface area contributed by atoms with Gasteiger partial charge >= 0.3 is 0 Å². The molecule has 0 spiro atoms. The molecule has 1 aromatic heterocycles. The van der Waals surface area contributed by atoms with Crippen LogP contribution in [0.4, 0.5) is 5.69 Å². The molecule has 6 nitrogen and oxygen atoms in total. The van der Waals surface area contributed by atoms with Crippen LogP contribution in [0.5, 0.6) is 0 Å². The van der Waals surface area contributed by atoms with Gasteiger partial charge in [0.1, 0.15) is 5.78 Å². The van der Waals surface area contributed by atoms with Gasteiger partial charge in [0.25, 0.3) is 5.91 Å². The number of furan rings is 1. The largest absolute Gasteiger partial charge is 0.459 e. The first-order valence-electron chi connectivity index (χ1n) is 13.3. The van der Waals surface area contributed by atoms with Crippen LogP contribution in [0, 0.1) is 11.8 Å². The fraction of sp³-hybridized carbons (Fsp3) is 0.552. The maximum atomic E-state index is 12.9. The van der Waals surface area contributed by atoms with Gasteiger partial charge in [-0.1, -0.05) is 31.4 Å². The van der Waals surface area contributed by atoms with Gasteiger partial charge in [0.05, 0.1) is 6.26 Å². The summed E-state index contributed by atoms with van der Waals surface area (Å²) in [6.07, 6.45) is 12.8. The zero-order chi connectivity index (χ0) is 24.5. The molecule has 0 bridgehead atoms. The number of ketones is 2. The zero-order valence-electron chi connectivity index (χ0n) is 20.7. The number of carbonyl (C=O) groups excluding carboxylic acids is 3. The number of hydrogen-bond donors (Lipinski definition) is 2. The number of anilines is 1. The van der Waals surface area contributed by atoms with Gasteiger partial charge in [0.2, 0.25) is 0 Å². The highest BCUT2D eigenvalue weighted by Crippen LogP contribution is 2.28. The van der Waals surface area contributed by atoms with E-state index in [9.17, 15) is 14.4 Å². The Kier molecular flexibility index (Phi) is 9.29. The van der Waals surface area contributed by atoms with Crippen LogP contribution in [0.25, 0.3) is 0 Å². The third-order valence-electron chi connectivity index (χ3n) is 7.49. The summed E-state index contributed by atoms with van der Waals surface area (Å²) in [5, 5.41) is 6.38. The second-order valence-electron chi connectivity index (χ2n) is 10.2. The van der Waals surface area contributed by atoms with E-state index in [1.807, 2.05) is 18.2 Å². The van der Waals surface area contributed by atoms with Crippen LogP contribution in [-0.4, -0.2) is 30.6 Å². The molecule has 6 heteroatoms. The highest BCUT2D eigenvalue weighted by atomic mass is 16.3. The van der Waals surface area contributed by atoms with Crippen molar-refractivity contribution in [1.29, 1.82) is 0 Å². The zero-order valence-corrected chi connectivity index (χ0v) is 20.7. The van der Waals surface area contributed by atoms with Crippen molar-refractivity contribution in [2.75, 3.05) is 18.4 Å². The van der Waals surface area contributed by atoms with Gasteiger partial charge in [-0.05, 0) is 87.2 Å². The normalized spacial score (nSPS) is 19.0. The van der Waals surface area contributed by atoms with Crippen molar-refractivity contribution in [3.63, 3.8) is 0 Å². The molecule has 4 rings (SSSR count). The Morgan fingerprint density at radius 2 is 1.89 bits per heavy atom. The Balaban J connectivity index is 1.34. The van der Waals surface area contributed by atoms with E-state index >= 15 is 0 Å². The average Bonchev–Trinajstić information content (AvgIpc) is 3.41. The smallest absolute Gasteiger partial charge is 0.291 e. The number of unbranched alkanes of at least 4 members (excludes halogenated alkanes) is 2. The second kappa shape index (κ2) is 12.8. The number of rotatable bonds is 11. The molecule has 2 fully saturated rings. The van der Waals surface area contributed by atoms with Gasteiger partial charge in [-0.2, -0.15) is 0 Å². The monoisotopic (exact) mass is 478 g/mol. The van der Waals surface area contributed by atoms with E-state index in [1.165, 1.54) is 12.7 Å². The summed E-state index contributed by atoms with van der Waals surface area (Å²) in [6.45, 7) is 2.04. The predicted molar refractivity (Wildman–Crippen MR) is 137 cm³/mol. The highest BCUT2D eigenvalue weighted by Gasteiger charge is 2.20. The van der Waals surface area contributed by atoms with Crippen molar-refractivity contribution >= 4 is 23.2 Å². The molecule has 0 radical (unpaired) electrons. The summed E-state index contributed by atoms with van der Waals surface area (Å²) in [5.74, 6) is 1.59. The van der Waals surface area contributed by atoms with Gasteiger partial charge < -0.3 is 15.1 Å². The number of piperidine rings is 1. The molecule has 1 atom stereocenters. The minimum atomic E-state index is -0.299. The van der Waals surface area contributed by atoms with Crippen molar-refractivity contribution in [2.24, 2.45) is 11.8 Å². The van der Waals surface area contributed by atoms with Crippen LogP contribution < -0.4 is 10.6 Å². The lowest BCUT2D eigenvalue weighted by Gasteiger charge is -2.24. The first-order chi connectivity index (χ1) is 17.1. The molecule has 1 aliphatic carbocycles. The SMILES string of the molecule is O=C1CCCC(CCCCCC(=O)c2ccc(CC3CCNCC3)c(NC(=O)c3ccco3)c2)C1. The minimum Gasteiger partial charge on any atom is -0.459 e. The van der Waals surface area contributed by atoms with E-state index in [0.717, 1.165) is 82.9 Å². The molecular weight excluding hydrogens is 440 g/mol. The minimum absolute atomic E-state index is 0.111. The first-order valence-corrected chi connectivity index (χ1v) is 13.3. The van der Waals surface area contributed by atoms with Crippen molar-refractivity contribution in [3.8, 4) is 0 Å². The molecule has 2 heterocycles.